The van der Waals surface area contributed by atoms with E-state index in [2.05, 4.69) is 42.5 Å². The first-order chi connectivity index (χ1) is 10.5. The van der Waals surface area contributed by atoms with Crippen LogP contribution in [0.3, 0.4) is 0 Å². The van der Waals surface area contributed by atoms with Crippen LogP contribution in [0, 0.1) is 33.5 Å². The van der Waals surface area contributed by atoms with Crippen LogP contribution in [-0.2, 0) is 0 Å². The third-order valence-electron chi connectivity index (χ3n) is 3.95. The van der Waals surface area contributed by atoms with E-state index in [-0.39, 0.29) is 5.82 Å². The van der Waals surface area contributed by atoms with Crippen molar-refractivity contribution >= 4 is 0 Å². The van der Waals surface area contributed by atoms with Crippen LogP contribution >= 0.6 is 0 Å². The average Bonchev–Trinajstić information content (AvgIpc) is 2.86. The maximum absolute atomic E-state index is 13.4. The highest BCUT2D eigenvalue weighted by atomic mass is 19.1. The minimum atomic E-state index is -0.220. The van der Waals surface area contributed by atoms with Gasteiger partial charge >= 0.3 is 0 Å². The maximum atomic E-state index is 13.4. The molecule has 3 aromatic rings. The molecule has 3 heteroatoms. The lowest BCUT2D eigenvalue weighted by atomic mass is 10.0. The Morgan fingerprint density at radius 2 is 1.59 bits per heavy atom. The standard InChI is InChI=1S/C19H19FN2/c1-12-9-14(3)18(15(4)10-12)22-8-7-21-19(22)17-6-5-16(20)11-13(17)2/h5-11H,1-4H3. The molecule has 0 saturated heterocycles. The van der Waals surface area contributed by atoms with Gasteiger partial charge in [-0.2, -0.15) is 0 Å². The number of imidazole rings is 1. The molecule has 1 aromatic heterocycles. The lowest BCUT2D eigenvalue weighted by molar-refractivity contribution is 0.627. The minimum absolute atomic E-state index is 0.220. The van der Waals surface area contributed by atoms with E-state index in [1.165, 1.54) is 22.8 Å². The summed E-state index contributed by atoms with van der Waals surface area (Å²) in [6, 6.07) is 9.16. The highest BCUT2D eigenvalue weighted by Crippen LogP contribution is 2.28. The van der Waals surface area contributed by atoms with Gasteiger partial charge in [-0.05, 0) is 62.6 Å². The molecule has 3 rings (SSSR count). The molecule has 2 aromatic carbocycles. The van der Waals surface area contributed by atoms with Gasteiger partial charge in [0.15, 0.2) is 0 Å². The Kier molecular flexibility index (Phi) is 3.57. The zero-order valence-electron chi connectivity index (χ0n) is 13.3. The Labute approximate surface area is 130 Å². The molecule has 0 aliphatic heterocycles. The van der Waals surface area contributed by atoms with Crippen molar-refractivity contribution in [2.45, 2.75) is 27.7 Å². The lowest BCUT2D eigenvalue weighted by Gasteiger charge is -2.16. The van der Waals surface area contributed by atoms with Crippen molar-refractivity contribution in [3.05, 3.63) is 70.8 Å². The Morgan fingerprint density at radius 1 is 0.909 bits per heavy atom. The predicted molar refractivity (Wildman–Crippen MR) is 87.9 cm³/mol. The van der Waals surface area contributed by atoms with E-state index >= 15 is 0 Å². The molecule has 0 fully saturated rings. The van der Waals surface area contributed by atoms with Crippen LogP contribution in [-0.4, -0.2) is 9.55 Å². The van der Waals surface area contributed by atoms with Crippen molar-refractivity contribution in [3.8, 4) is 17.1 Å². The molecule has 22 heavy (non-hydrogen) atoms. The van der Waals surface area contributed by atoms with Crippen molar-refractivity contribution < 1.29 is 4.39 Å². The number of hydrogen-bond donors (Lipinski definition) is 0. The Hall–Kier alpha value is -2.42. The lowest BCUT2D eigenvalue weighted by Crippen LogP contribution is -2.03. The van der Waals surface area contributed by atoms with Crippen LogP contribution in [0.2, 0.25) is 0 Å². The highest BCUT2D eigenvalue weighted by molar-refractivity contribution is 5.64. The van der Waals surface area contributed by atoms with Crippen LogP contribution in [0.1, 0.15) is 22.3 Å². The zero-order valence-corrected chi connectivity index (χ0v) is 13.3. The van der Waals surface area contributed by atoms with Crippen molar-refractivity contribution in [2.75, 3.05) is 0 Å². The van der Waals surface area contributed by atoms with Gasteiger partial charge in [0.2, 0.25) is 0 Å². The summed E-state index contributed by atoms with van der Waals surface area (Å²) >= 11 is 0. The molecular formula is C19H19FN2. The Morgan fingerprint density at radius 3 is 2.23 bits per heavy atom. The number of hydrogen-bond acceptors (Lipinski definition) is 1. The largest absolute Gasteiger partial charge is 0.299 e. The molecule has 0 bridgehead atoms. The Bertz CT molecular complexity index is 823. The molecule has 0 saturated carbocycles. The number of benzene rings is 2. The summed E-state index contributed by atoms with van der Waals surface area (Å²) in [6.07, 6.45) is 3.75. The highest BCUT2D eigenvalue weighted by Gasteiger charge is 2.14. The van der Waals surface area contributed by atoms with Crippen LogP contribution in [0.5, 0.6) is 0 Å². The van der Waals surface area contributed by atoms with Gasteiger partial charge < -0.3 is 0 Å². The van der Waals surface area contributed by atoms with Crippen molar-refractivity contribution in [2.24, 2.45) is 0 Å². The molecular weight excluding hydrogens is 275 g/mol. The number of aromatic nitrogens is 2. The first kappa shape index (κ1) is 14.5. The summed E-state index contributed by atoms with van der Waals surface area (Å²) in [7, 11) is 0. The van der Waals surface area contributed by atoms with E-state index in [0.29, 0.717) is 0 Å². The molecule has 1 heterocycles. The van der Waals surface area contributed by atoms with Crippen molar-refractivity contribution in [1.82, 2.24) is 9.55 Å². The Balaban J connectivity index is 2.22. The molecule has 112 valence electrons. The van der Waals surface area contributed by atoms with Gasteiger partial charge in [0.1, 0.15) is 11.6 Å². The number of rotatable bonds is 2. The second-order valence-corrected chi connectivity index (χ2v) is 5.83. The maximum Gasteiger partial charge on any atom is 0.144 e. The van der Waals surface area contributed by atoms with Gasteiger partial charge in [0, 0.05) is 18.0 Å². The summed E-state index contributed by atoms with van der Waals surface area (Å²) in [4.78, 5) is 4.50. The topological polar surface area (TPSA) is 17.8 Å². The fourth-order valence-corrected chi connectivity index (χ4v) is 3.11. The molecule has 0 amide bonds. The van der Waals surface area contributed by atoms with Gasteiger partial charge in [0.25, 0.3) is 0 Å². The third-order valence-corrected chi connectivity index (χ3v) is 3.95. The van der Waals surface area contributed by atoms with E-state index < -0.39 is 0 Å². The van der Waals surface area contributed by atoms with Crippen LogP contribution in [0.4, 0.5) is 4.39 Å². The molecule has 0 N–H and O–H groups in total. The third kappa shape index (κ3) is 2.43. The number of halogens is 1. The molecule has 0 spiro atoms. The minimum Gasteiger partial charge on any atom is -0.299 e. The van der Waals surface area contributed by atoms with Gasteiger partial charge in [-0.25, -0.2) is 9.37 Å². The number of aryl methyl sites for hydroxylation is 4. The fourth-order valence-electron chi connectivity index (χ4n) is 3.11. The quantitative estimate of drug-likeness (QED) is 0.656. The smallest absolute Gasteiger partial charge is 0.144 e. The van der Waals surface area contributed by atoms with Crippen molar-refractivity contribution in [3.63, 3.8) is 0 Å². The van der Waals surface area contributed by atoms with Crippen LogP contribution in [0.25, 0.3) is 17.1 Å². The van der Waals surface area contributed by atoms with E-state index in [4.69, 9.17) is 0 Å². The molecule has 0 unspecified atom stereocenters. The van der Waals surface area contributed by atoms with Gasteiger partial charge in [-0.3, -0.25) is 4.57 Å². The van der Waals surface area contributed by atoms with Crippen LogP contribution in [0.15, 0.2) is 42.7 Å². The number of nitrogens with zero attached hydrogens (tertiary/aromatic N) is 2. The summed E-state index contributed by atoms with van der Waals surface area (Å²) in [5, 5.41) is 0. The first-order valence-electron chi connectivity index (χ1n) is 7.35. The van der Waals surface area contributed by atoms with E-state index in [1.54, 1.807) is 18.3 Å². The normalized spacial score (nSPS) is 11.0. The summed E-state index contributed by atoms with van der Waals surface area (Å²) in [5.74, 6) is 0.620. The van der Waals surface area contributed by atoms with Crippen molar-refractivity contribution in [1.29, 1.82) is 0 Å². The van der Waals surface area contributed by atoms with Gasteiger partial charge in [0.05, 0.1) is 5.69 Å². The second-order valence-electron chi connectivity index (χ2n) is 5.83. The second kappa shape index (κ2) is 5.41. The van der Waals surface area contributed by atoms with E-state index in [9.17, 15) is 4.39 Å². The fraction of sp³-hybridized carbons (Fsp3) is 0.211. The summed E-state index contributed by atoms with van der Waals surface area (Å²) < 4.78 is 15.4. The molecule has 0 atom stereocenters. The molecule has 2 nitrogen and oxygen atoms in total. The monoisotopic (exact) mass is 294 g/mol. The van der Waals surface area contributed by atoms with Gasteiger partial charge in [-0.15, -0.1) is 0 Å². The SMILES string of the molecule is Cc1cc(C)c(-n2ccnc2-c2ccc(F)cc2C)c(C)c1. The molecule has 0 radical (unpaired) electrons. The van der Waals surface area contributed by atoms with Crippen LogP contribution < -0.4 is 0 Å². The summed E-state index contributed by atoms with van der Waals surface area (Å²) in [6.45, 7) is 8.22. The average molecular weight is 294 g/mol. The predicted octanol–water partition coefficient (Wildman–Crippen LogP) is 4.91. The zero-order chi connectivity index (χ0) is 15.9. The first-order valence-corrected chi connectivity index (χ1v) is 7.35. The molecule has 0 aliphatic rings. The summed E-state index contributed by atoms with van der Waals surface area (Å²) in [5.41, 5.74) is 6.63. The van der Waals surface area contributed by atoms with Gasteiger partial charge in [-0.1, -0.05) is 17.7 Å². The molecule has 0 aliphatic carbocycles. The van der Waals surface area contributed by atoms with E-state index in [1.807, 2.05) is 13.1 Å². The van der Waals surface area contributed by atoms with E-state index in [0.717, 1.165) is 22.6 Å².